The maximum Gasteiger partial charge on any atom is -0.0100 e. The summed E-state index contributed by atoms with van der Waals surface area (Å²) in [5.74, 6) is 0.839. The lowest BCUT2D eigenvalue weighted by Gasteiger charge is -2.42. The second-order valence-electron chi connectivity index (χ2n) is 8.05. The molecule has 0 heteroatoms. The van der Waals surface area contributed by atoms with Crippen LogP contribution in [0.3, 0.4) is 0 Å². The molecule has 0 aromatic heterocycles. The van der Waals surface area contributed by atoms with Crippen LogP contribution in [0.4, 0.5) is 0 Å². The lowest BCUT2D eigenvalue weighted by atomic mass is 9.62. The Morgan fingerprint density at radius 3 is 2.05 bits per heavy atom. The molecule has 0 unspecified atom stereocenters. The molecule has 1 aromatic rings. The SMILES string of the molecule is CC1(C)CCC(C)(C)c2cc(C3CCCC3)ccc21. The highest BCUT2D eigenvalue weighted by Gasteiger charge is 2.37. The van der Waals surface area contributed by atoms with Crippen LogP contribution in [0.1, 0.15) is 88.8 Å². The van der Waals surface area contributed by atoms with Gasteiger partial charge in [0, 0.05) is 0 Å². The third-order valence-electron chi connectivity index (χ3n) is 5.70. The Morgan fingerprint density at radius 1 is 0.842 bits per heavy atom. The monoisotopic (exact) mass is 256 g/mol. The Bertz CT molecular complexity index is 473. The van der Waals surface area contributed by atoms with Crippen molar-refractivity contribution in [3.05, 3.63) is 34.9 Å². The van der Waals surface area contributed by atoms with Crippen molar-refractivity contribution in [2.24, 2.45) is 0 Å². The molecule has 0 amide bonds. The van der Waals surface area contributed by atoms with Crippen molar-refractivity contribution in [1.82, 2.24) is 0 Å². The highest BCUT2D eigenvalue weighted by molar-refractivity contribution is 5.44. The maximum absolute atomic E-state index is 2.56. The highest BCUT2D eigenvalue weighted by Crippen LogP contribution is 2.47. The third kappa shape index (κ3) is 2.24. The fourth-order valence-corrected chi connectivity index (χ4v) is 4.12. The van der Waals surface area contributed by atoms with Crippen LogP contribution in [0.15, 0.2) is 18.2 Å². The second kappa shape index (κ2) is 4.36. The van der Waals surface area contributed by atoms with Crippen LogP contribution < -0.4 is 0 Å². The first-order chi connectivity index (χ1) is 8.90. The summed E-state index contributed by atoms with van der Waals surface area (Å²) in [7, 11) is 0. The van der Waals surface area contributed by atoms with Crippen molar-refractivity contribution >= 4 is 0 Å². The van der Waals surface area contributed by atoms with Crippen LogP contribution in [0.2, 0.25) is 0 Å². The first kappa shape index (κ1) is 13.2. The van der Waals surface area contributed by atoms with Gasteiger partial charge >= 0.3 is 0 Å². The molecule has 19 heavy (non-hydrogen) atoms. The molecule has 0 bridgehead atoms. The average molecular weight is 256 g/mol. The third-order valence-corrected chi connectivity index (χ3v) is 5.70. The molecule has 1 fully saturated rings. The van der Waals surface area contributed by atoms with E-state index in [-0.39, 0.29) is 0 Å². The summed E-state index contributed by atoms with van der Waals surface area (Å²) in [5, 5.41) is 0. The Kier molecular flexibility index (Phi) is 3.04. The lowest BCUT2D eigenvalue weighted by molar-refractivity contribution is 0.331. The molecule has 1 saturated carbocycles. The number of rotatable bonds is 1. The minimum Gasteiger partial charge on any atom is -0.0584 e. The van der Waals surface area contributed by atoms with Crippen LogP contribution in [-0.4, -0.2) is 0 Å². The number of benzene rings is 1. The van der Waals surface area contributed by atoms with Crippen molar-refractivity contribution in [1.29, 1.82) is 0 Å². The molecule has 2 aliphatic carbocycles. The van der Waals surface area contributed by atoms with Gasteiger partial charge in [0.1, 0.15) is 0 Å². The van der Waals surface area contributed by atoms with Crippen molar-refractivity contribution < 1.29 is 0 Å². The summed E-state index contributed by atoms with van der Waals surface area (Å²) in [6.45, 7) is 9.69. The van der Waals surface area contributed by atoms with E-state index >= 15 is 0 Å². The van der Waals surface area contributed by atoms with Gasteiger partial charge in [-0.15, -0.1) is 0 Å². The second-order valence-corrected chi connectivity index (χ2v) is 8.05. The molecule has 3 rings (SSSR count). The maximum atomic E-state index is 2.56. The van der Waals surface area contributed by atoms with Gasteiger partial charge in [-0.2, -0.15) is 0 Å². The van der Waals surface area contributed by atoms with Gasteiger partial charge in [-0.25, -0.2) is 0 Å². The molecule has 0 radical (unpaired) electrons. The molecular formula is C19H28. The van der Waals surface area contributed by atoms with Crippen molar-refractivity contribution in [2.75, 3.05) is 0 Å². The van der Waals surface area contributed by atoms with E-state index in [0.29, 0.717) is 10.8 Å². The topological polar surface area (TPSA) is 0 Å². The van der Waals surface area contributed by atoms with Crippen LogP contribution >= 0.6 is 0 Å². The van der Waals surface area contributed by atoms with Crippen LogP contribution in [0, 0.1) is 0 Å². The van der Waals surface area contributed by atoms with Crippen molar-refractivity contribution in [3.63, 3.8) is 0 Å². The fraction of sp³-hybridized carbons (Fsp3) is 0.684. The van der Waals surface area contributed by atoms with E-state index in [9.17, 15) is 0 Å². The summed E-state index contributed by atoms with van der Waals surface area (Å²) < 4.78 is 0. The zero-order valence-electron chi connectivity index (χ0n) is 13.1. The Labute approximate surface area is 118 Å². The minimum absolute atomic E-state index is 0.360. The zero-order valence-corrected chi connectivity index (χ0v) is 13.1. The first-order valence-electron chi connectivity index (χ1n) is 8.05. The normalized spacial score (nSPS) is 25.3. The summed E-state index contributed by atoms with van der Waals surface area (Å²) in [6.07, 6.45) is 8.30. The van der Waals surface area contributed by atoms with E-state index in [0.717, 1.165) is 5.92 Å². The molecule has 0 N–H and O–H groups in total. The van der Waals surface area contributed by atoms with E-state index < -0.39 is 0 Å². The predicted molar refractivity (Wildman–Crippen MR) is 82.9 cm³/mol. The molecule has 2 aliphatic rings. The Hall–Kier alpha value is -0.780. The molecule has 0 spiro atoms. The van der Waals surface area contributed by atoms with E-state index in [2.05, 4.69) is 45.9 Å². The quantitative estimate of drug-likeness (QED) is 0.605. The van der Waals surface area contributed by atoms with Gasteiger partial charge in [0.25, 0.3) is 0 Å². The summed E-state index contributed by atoms with van der Waals surface area (Å²) in [4.78, 5) is 0. The van der Waals surface area contributed by atoms with Gasteiger partial charge in [-0.1, -0.05) is 58.7 Å². The highest BCUT2D eigenvalue weighted by atomic mass is 14.4. The molecule has 1 aromatic carbocycles. The lowest BCUT2D eigenvalue weighted by Crippen LogP contribution is -2.33. The van der Waals surface area contributed by atoms with Crippen LogP contribution in [-0.2, 0) is 10.8 Å². The molecular weight excluding hydrogens is 228 g/mol. The van der Waals surface area contributed by atoms with Crippen molar-refractivity contribution in [2.45, 2.75) is 83.0 Å². The van der Waals surface area contributed by atoms with Gasteiger partial charge in [0.05, 0.1) is 0 Å². The van der Waals surface area contributed by atoms with E-state index in [4.69, 9.17) is 0 Å². The summed E-state index contributed by atoms with van der Waals surface area (Å²) >= 11 is 0. The first-order valence-corrected chi connectivity index (χ1v) is 8.05. The number of hydrogen-bond donors (Lipinski definition) is 0. The largest absolute Gasteiger partial charge is 0.0584 e. The standard InChI is InChI=1S/C19H28/c1-18(2)11-12-19(3,4)17-13-15(9-10-16(17)18)14-7-5-6-8-14/h9-10,13-14H,5-8,11-12H2,1-4H3. The average Bonchev–Trinajstić information content (AvgIpc) is 2.89. The number of hydrogen-bond acceptors (Lipinski definition) is 0. The van der Waals surface area contributed by atoms with Gasteiger partial charge in [-0.05, 0) is 59.1 Å². The van der Waals surface area contributed by atoms with E-state index in [1.54, 1.807) is 16.7 Å². The Morgan fingerprint density at radius 2 is 1.42 bits per heavy atom. The van der Waals surface area contributed by atoms with E-state index in [1.807, 2.05) is 0 Å². The van der Waals surface area contributed by atoms with Gasteiger partial charge in [0.2, 0.25) is 0 Å². The summed E-state index contributed by atoms with van der Waals surface area (Å²) in [6, 6.07) is 7.44. The predicted octanol–water partition coefficient (Wildman–Crippen LogP) is 5.69. The fourth-order valence-electron chi connectivity index (χ4n) is 4.12. The summed E-state index contributed by atoms with van der Waals surface area (Å²) in [5.41, 5.74) is 5.57. The van der Waals surface area contributed by atoms with Crippen LogP contribution in [0.5, 0.6) is 0 Å². The molecule has 0 heterocycles. The Balaban J connectivity index is 2.06. The van der Waals surface area contributed by atoms with Gasteiger partial charge in [0.15, 0.2) is 0 Å². The zero-order chi connectivity index (χ0) is 13.7. The minimum atomic E-state index is 0.360. The molecule has 104 valence electrons. The van der Waals surface area contributed by atoms with Crippen molar-refractivity contribution in [3.8, 4) is 0 Å². The molecule has 0 aliphatic heterocycles. The number of fused-ring (bicyclic) bond motifs is 1. The van der Waals surface area contributed by atoms with E-state index in [1.165, 1.54) is 38.5 Å². The van der Waals surface area contributed by atoms with Gasteiger partial charge in [-0.3, -0.25) is 0 Å². The van der Waals surface area contributed by atoms with Gasteiger partial charge < -0.3 is 0 Å². The molecule has 0 atom stereocenters. The van der Waals surface area contributed by atoms with Crippen LogP contribution in [0.25, 0.3) is 0 Å². The molecule has 0 saturated heterocycles. The molecule has 0 nitrogen and oxygen atoms in total. The smallest absolute Gasteiger partial charge is 0.0100 e.